The van der Waals surface area contributed by atoms with Gasteiger partial charge in [0.25, 0.3) is 5.91 Å². The molecule has 2 aromatic rings. The molecule has 0 saturated carbocycles. The minimum absolute atomic E-state index is 0.350. The number of nitrogens with one attached hydrogen (secondary N) is 1. The van der Waals surface area contributed by atoms with E-state index in [-0.39, 0.29) is 11.7 Å². The summed E-state index contributed by atoms with van der Waals surface area (Å²) in [5.74, 6) is -0.788. The number of rotatable bonds is 6. The highest BCUT2D eigenvalue weighted by Gasteiger charge is 2.20. The molecule has 2 aromatic carbocycles. The minimum atomic E-state index is -0.744. The molecule has 0 bridgehead atoms. The number of carbonyl (C=O) groups excluding carboxylic acids is 2. The second-order valence-electron chi connectivity index (χ2n) is 5.43. The normalized spacial score (nSPS) is 11.5. The number of halogens is 1. The van der Waals surface area contributed by atoms with Gasteiger partial charge in [-0.3, -0.25) is 4.79 Å². The van der Waals surface area contributed by atoms with E-state index in [0.29, 0.717) is 29.0 Å². The summed E-state index contributed by atoms with van der Waals surface area (Å²) in [4.78, 5) is 24.2. The molecule has 0 radical (unpaired) electrons. The molecule has 132 valence electrons. The Morgan fingerprint density at radius 2 is 1.84 bits per heavy atom. The average molecular weight is 345 g/mol. The number of carbonyl (C=O) groups is 2. The molecule has 1 N–H and O–H groups in total. The summed E-state index contributed by atoms with van der Waals surface area (Å²) in [7, 11) is 1.30. The number of benzene rings is 2. The van der Waals surface area contributed by atoms with E-state index in [9.17, 15) is 14.0 Å². The number of methoxy groups -OCH3 is 1. The van der Waals surface area contributed by atoms with Gasteiger partial charge in [-0.05, 0) is 55.3 Å². The molecule has 25 heavy (non-hydrogen) atoms. The van der Waals surface area contributed by atoms with Gasteiger partial charge in [0.15, 0.2) is 6.10 Å². The van der Waals surface area contributed by atoms with Crippen LogP contribution in [0.15, 0.2) is 42.5 Å². The SMILES string of the molecule is CC[C@H](Oc1ccc(F)cc1)C(=O)Nc1cccc(C(=O)OC)c1C. The van der Waals surface area contributed by atoms with E-state index in [1.165, 1.54) is 31.4 Å². The highest BCUT2D eigenvalue weighted by molar-refractivity contribution is 5.98. The van der Waals surface area contributed by atoms with Gasteiger partial charge in [-0.2, -0.15) is 0 Å². The van der Waals surface area contributed by atoms with E-state index >= 15 is 0 Å². The van der Waals surface area contributed by atoms with E-state index in [1.807, 2.05) is 6.92 Å². The van der Waals surface area contributed by atoms with Crippen LogP contribution < -0.4 is 10.1 Å². The lowest BCUT2D eigenvalue weighted by Gasteiger charge is -2.18. The molecule has 0 unspecified atom stereocenters. The van der Waals surface area contributed by atoms with Crippen LogP contribution in [-0.2, 0) is 9.53 Å². The van der Waals surface area contributed by atoms with E-state index in [2.05, 4.69) is 5.32 Å². The molecule has 0 saturated heterocycles. The summed E-state index contributed by atoms with van der Waals surface area (Å²) in [6, 6.07) is 10.5. The van der Waals surface area contributed by atoms with Gasteiger partial charge in [0.2, 0.25) is 0 Å². The van der Waals surface area contributed by atoms with Gasteiger partial charge < -0.3 is 14.8 Å². The second kappa shape index (κ2) is 8.28. The van der Waals surface area contributed by atoms with Crippen LogP contribution in [0.1, 0.15) is 29.3 Å². The van der Waals surface area contributed by atoms with Crippen LogP contribution in [0.25, 0.3) is 0 Å². The highest BCUT2D eigenvalue weighted by atomic mass is 19.1. The molecule has 2 rings (SSSR count). The summed E-state index contributed by atoms with van der Waals surface area (Å²) >= 11 is 0. The molecule has 0 heterocycles. The topological polar surface area (TPSA) is 64.6 Å². The molecule has 0 aliphatic rings. The van der Waals surface area contributed by atoms with Crippen LogP contribution in [0, 0.1) is 12.7 Å². The second-order valence-corrected chi connectivity index (χ2v) is 5.43. The van der Waals surface area contributed by atoms with Crippen molar-refractivity contribution in [2.75, 3.05) is 12.4 Å². The molecule has 0 aliphatic carbocycles. The van der Waals surface area contributed by atoms with Crippen molar-refractivity contribution in [3.05, 3.63) is 59.4 Å². The van der Waals surface area contributed by atoms with Crippen molar-refractivity contribution in [3.63, 3.8) is 0 Å². The van der Waals surface area contributed by atoms with Gasteiger partial charge in [0, 0.05) is 5.69 Å². The number of anilines is 1. The molecular weight excluding hydrogens is 325 g/mol. The fourth-order valence-electron chi connectivity index (χ4n) is 2.32. The fraction of sp³-hybridized carbons (Fsp3) is 0.263. The third-order valence-electron chi connectivity index (χ3n) is 3.75. The molecule has 0 aliphatic heterocycles. The summed E-state index contributed by atoms with van der Waals surface area (Å²) < 4.78 is 23.3. The Morgan fingerprint density at radius 3 is 2.44 bits per heavy atom. The lowest BCUT2D eigenvalue weighted by molar-refractivity contribution is -0.122. The summed E-state index contributed by atoms with van der Waals surface area (Å²) in [5.41, 5.74) is 1.50. The Hall–Kier alpha value is -2.89. The van der Waals surface area contributed by atoms with Gasteiger partial charge in [0.05, 0.1) is 12.7 Å². The van der Waals surface area contributed by atoms with Gasteiger partial charge in [0.1, 0.15) is 11.6 Å². The minimum Gasteiger partial charge on any atom is -0.481 e. The smallest absolute Gasteiger partial charge is 0.338 e. The van der Waals surface area contributed by atoms with E-state index < -0.39 is 12.1 Å². The quantitative estimate of drug-likeness (QED) is 0.811. The third-order valence-corrected chi connectivity index (χ3v) is 3.75. The Bertz CT molecular complexity index is 759. The summed E-state index contributed by atoms with van der Waals surface area (Å²) in [6.07, 6.45) is -0.314. The van der Waals surface area contributed by atoms with Gasteiger partial charge in [-0.1, -0.05) is 13.0 Å². The zero-order chi connectivity index (χ0) is 18.4. The van der Waals surface area contributed by atoms with Crippen molar-refractivity contribution in [2.24, 2.45) is 0 Å². The lowest BCUT2D eigenvalue weighted by Crippen LogP contribution is -2.32. The van der Waals surface area contributed by atoms with Gasteiger partial charge in [-0.15, -0.1) is 0 Å². The monoisotopic (exact) mass is 345 g/mol. The molecule has 0 aromatic heterocycles. The van der Waals surface area contributed by atoms with Crippen molar-refractivity contribution in [1.29, 1.82) is 0 Å². The number of hydrogen-bond acceptors (Lipinski definition) is 4. The first-order valence-corrected chi connectivity index (χ1v) is 7.87. The maximum Gasteiger partial charge on any atom is 0.338 e. The lowest BCUT2D eigenvalue weighted by atomic mass is 10.1. The van der Waals surface area contributed by atoms with Crippen LogP contribution in [-0.4, -0.2) is 25.1 Å². The fourth-order valence-corrected chi connectivity index (χ4v) is 2.32. The Balaban J connectivity index is 2.14. The van der Waals surface area contributed by atoms with Gasteiger partial charge in [-0.25, -0.2) is 9.18 Å². The van der Waals surface area contributed by atoms with Gasteiger partial charge >= 0.3 is 5.97 Å². The molecule has 5 nitrogen and oxygen atoms in total. The van der Waals surface area contributed by atoms with Crippen molar-refractivity contribution in [3.8, 4) is 5.75 Å². The van der Waals surface area contributed by atoms with E-state index in [1.54, 1.807) is 25.1 Å². The number of hydrogen-bond donors (Lipinski definition) is 1. The molecular formula is C19H20FNO4. The predicted molar refractivity (Wildman–Crippen MR) is 92.3 cm³/mol. The van der Waals surface area contributed by atoms with E-state index in [4.69, 9.17) is 9.47 Å². The molecule has 0 fully saturated rings. The van der Waals surface area contributed by atoms with E-state index in [0.717, 1.165) is 0 Å². The highest BCUT2D eigenvalue weighted by Crippen LogP contribution is 2.21. The standard InChI is InChI=1S/C19H20FNO4/c1-4-17(25-14-10-8-13(20)9-11-14)18(22)21-16-7-5-6-15(12(16)2)19(23)24-3/h5-11,17H,4H2,1-3H3,(H,21,22)/t17-/m0/s1. The molecule has 1 atom stereocenters. The summed E-state index contributed by atoms with van der Waals surface area (Å²) in [6.45, 7) is 3.54. The molecule has 0 spiro atoms. The molecule has 6 heteroatoms. The summed E-state index contributed by atoms with van der Waals surface area (Å²) in [5, 5.41) is 2.77. The largest absolute Gasteiger partial charge is 0.481 e. The number of amides is 1. The predicted octanol–water partition coefficient (Wildman–Crippen LogP) is 3.72. The zero-order valence-electron chi connectivity index (χ0n) is 14.3. The Morgan fingerprint density at radius 1 is 1.16 bits per heavy atom. The Labute approximate surface area is 145 Å². The zero-order valence-corrected chi connectivity index (χ0v) is 14.3. The maximum absolute atomic E-state index is 13.0. The van der Waals surface area contributed by atoms with Crippen molar-refractivity contribution >= 4 is 17.6 Å². The van der Waals surface area contributed by atoms with Crippen molar-refractivity contribution in [2.45, 2.75) is 26.4 Å². The first-order valence-electron chi connectivity index (χ1n) is 7.87. The third kappa shape index (κ3) is 4.56. The van der Waals surface area contributed by atoms with Crippen LogP contribution in [0.3, 0.4) is 0 Å². The van der Waals surface area contributed by atoms with Crippen LogP contribution >= 0.6 is 0 Å². The Kier molecular flexibility index (Phi) is 6.11. The molecule has 1 amide bonds. The maximum atomic E-state index is 13.0. The van der Waals surface area contributed by atoms with Crippen LogP contribution in [0.4, 0.5) is 10.1 Å². The van der Waals surface area contributed by atoms with Crippen molar-refractivity contribution in [1.82, 2.24) is 0 Å². The first kappa shape index (κ1) is 18.4. The van der Waals surface area contributed by atoms with Crippen LogP contribution in [0.5, 0.6) is 5.75 Å². The average Bonchev–Trinajstić information content (AvgIpc) is 2.62. The first-order chi connectivity index (χ1) is 12.0. The number of ether oxygens (including phenoxy) is 2. The van der Waals surface area contributed by atoms with Crippen molar-refractivity contribution < 1.29 is 23.5 Å². The number of esters is 1. The van der Waals surface area contributed by atoms with Crippen LogP contribution in [0.2, 0.25) is 0 Å².